The largest absolute Gasteiger partial charge is 0.378 e. The third kappa shape index (κ3) is 2.69. The van der Waals surface area contributed by atoms with E-state index < -0.39 is 0 Å². The van der Waals surface area contributed by atoms with E-state index in [4.69, 9.17) is 5.41 Å². The molecule has 0 aromatic heterocycles. The molecule has 0 bridgehead atoms. The number of pyridine rings is 1. The van der Waals surface area contributed by atoms with E-state index in [2.05, 4.69) is 88.4 Å². The minimum atomic E-state index is 0.530. The monoisotopic (exact) mass is 359 g/mol. The van der Waals surface area contributed by atoms with Crippen LogP contribution < -0.4 is 15.6 Å². The molecule has 0 radical (unpaired) electrons. The first-order valence-electron chi connectivity index (χ1n) is 8.60. The zero-order valence-corrected chi connectivity index (χ0v) is 16.4. The molecular weight excluding hydrogens is 337 g/mol. The molecule has 1 aliphatic heterocycles. The number of hydrogen-bond donors (Lipinski definition) is 1. The van der Waals surface area contributed by atoms with Gasteiger partial charge in [0.2, 0.25) is 0 Å². The molecule has 2 aromatic carbocycles. The summed E-state index contributed by atoms with van der Waals surface area (Å²) in [4.78, 5) is 2.12. The van der Waals surface area contributed by atoms with Crippen LogP contribution in [0.15, 0.2) is 60.7 Å². The lowest BCUT2D eigenvalue weighted by Crippen LogP contribution is -2.11. The first-order valence-corrected chi connectivity index (χ1v) is 9.18. The van der Waals surface area contributed by atoms with Gasteiger partial charge in [0.15, 0.2) is 0 Å². The normalized spacial score (nSPS) is 11.2. The minimum Gasteiger partial charge on any atom is -0.378 e. The minimum absolute atomic E-state index is 0.530. The zero-order chi connectivity index (χ0) is 18.4. The van der Waals surface area contributed by atoms with Crippen molar-refractivity contribution >= 4 is 31.1 Å². The van der Waals surface area contributed by atoms with Gasteiger partial charge in [0.25, 0.3) is 0 Å². The van der Waals surface area contributed by atoms with Gasteiger partial charge in [-0.2, -0.15) is 0 Å². The highest BCUT2D eigenvalue weighted by Gasteiger charge is 2.17. The van der Waals surface area contributed by atoms with Crippen molar-refractivity contribution < 1.29 is 0 Å². The van der Waals surface area contributed by atoms with Gasteiger partial charge in [-0.3, -0.25) is 0 Å². The van der Waals surface area contributed by atoms with Crippen LogP contribution in [0.2, 0.25) is 0 Å². The summed E-state index contributed by atoms with van der Waals surface area (Å²) in [5.41, 5.74) is 7.00. The lowest BCUT2D eigenvalue weighted by Gasteiger charge is -2.23. The highest BCUT2D eigenvalue weighted by Crippen LogP contribution is 2.40. The lowest BCUT2D eigenvalue weighted by molar-refractivity contribution is 0.957. The van der Waals surface area contributed by atoms with E-state index in [1.54, 1.807) is 0 Å². The standard InChI is InChI=1S/C22H22N3P/c1-24(2)16-7-11-19-21(13-16)25(3)20-12-15(23)6-10-18(20)22(19)14-4-8-17(26)9-5-14/h4-13,23H,26H2,1-3H3. The highest BCUT2D eigenvalue weighted by atomic mass is 31.0. The van der Waals surface area contributed by atoms with E-state index in [1.807, 2.05) is 12.1 Å². The molecule has 2 aromatic rings. The Kier molecular flexibility index (Phi) is 4.05. The predicted octanol–water partition coefficient (Wildman–Crippen LogP) is 4.00. The summed E-state index contributed by atoms with van der Waals surface area (Å²) in [5, 5.41) is 11.0. The summed E-state index contributed by atoms with van der Waals surface area (Å²) in [5.74, 6) is 0. The number of nitrogens with zero attached hydrogens (tertiary/aromatic N) is 2. The van der Waals surface area contributed by atoms with Crippen LogP contribution in [0.4, 0.5) is 5.69 Å². The predicted molar refractivity (Wildman–Crippen MR) is 115 cm³/mol. The topological polar surface area (TPSA) is 32.0 Å². The molecule has 2 aliphatic rings. The van der Waals surface area contributed by atoms with Crippen LogP contribution >= 0.6 is 9.24 Å². The van der Waals surface area contributed by atoms with Gasteiger partial charge >= 0.3 is 0 Å². The first kappa shape index (κ1) is 16.8. The van der Waals surface area contributed by atoms with Gasteiger partial charge in [-0.25, -0.2) is 0 Å². The van der Waals surface area contributed by atoms with Gasteiger partial charge in [0, 0.05) is 43.3 Å². The van der Waals surface area contributed by atoms with Crippen molar-refractivity contribution in [2.75, 3.05) is 19.0 Å². The summed E-state index contributed by atoms with van der Waals surface area (Å²) in [6.45, 7) is 0. The second-order valence-corrected chi connectivity index (χ2v) is 7.55. The summed E-state index contributed by atoms with van der Waals surface area (Å²) < 4.78 is 2.20. The maximum Gasteiger partial charge on any atom is 0.0561 e. The van der Waals surface area contributed by atoms with Gasteiger partial charge in [0.05, 0.1) is 16.6 Å². The molecule has 3 nitrogen and oxygen atoms in total. The molecule has 1 atom stereocenters. The number of rotatable bonds is 2. The van der Waals surface area contributed by atoms with E-state index in [-0.39, 0.29) is 0 Å². The molecule has 4 heteroatoms. The Morgan fingerprint density at radius 1 is 0.923 bits per heavy atom. The number of aromatic nitrogens is 1. The van der Waals surface area contributed by atoms with Gasteiger partial charge in [0.1, 0.15) is 0 Å². The average molecular weight is 359 g/mol. The molecular formula is C22H22N3P. The molecule has 1 unspecified atom stereocenters. The SMILES string of the molecule is CN(C)c1ccc2c(-c3ccc(P)cc3)c3ccc(=N)cc-3n(C)c2c1. The van der Waals surface area contributed by atoms with Gasteiger partial charge in [-0.15, -0.1) is 9.24 Å². The number of benzene rings is 3. The summed E-state index contributed by atoms with van der Waals surface area (Å²) in [6.07, 6.45) is 0. The maximum absolute atomic E-state index is 8.07. The van der Waals surface area contributed by atoms with Crippen molar-refractivity contribution in [2.45, 2.75) is 0 Å². The fraction of sp³-hybridized carbons (Fsp3) is 0.136. The van der Waals surface area contributed by atoms with Crippen molar-refractivity contribution in [1.82, 2.24) is 4.57 Å². The van der Waals surface area contributed by atoms with Crippen LogP contribution in [0.25, 0.3) is 33.3 Å². The molecule has 0 amide bonds. The van der Waals surface area contributed by atoms with Crippen molar-refractivity contribution in [3.8, 4) is 22.4 Å². The van der Waals surface area contributed by atoms with Crippen molar-refractivity contribution in [2.24, 2.45) is 7.05 Å². The van der Waals surface area contributed by atoms with Crippen LogP contribution in [-0.2, 0) is 7.05 Å². The second-order valence-electron chi connectivity index (χ2n) is 6.88. The molecule has 130 valence electrons. The van der Waals surface area contributed by atoms with Gasteiger partial charge in [-0.05, 0) is 35.1 Å². The number of hydrogen-bond acceptors (Lipinski definition) is 2. The van der Waals surface area contributed by atoms with Crippen molar-refractivity contribution in [3.05, 3.63) is 66.0 Å². The van der Waals surface area contributed by atoms with Crippen molar-refractivity contribution in [1.29, 1.82) is 5.41 Å². The fourth-order valence-corrected chi connectivity index (χ4v) is 3.74. The van der Waals surface area contributed by atoms with E-state index in [1.165, 1.54) is 38.6 Å². The molecule has 0 spiro atoms. The Bertz CT molecular complexity index is 1140. The number of nitrogens with one attached hydrogen (secondary N) is 1. The van der Waals surface area contributed by atoms with Crippen LogP contribution in [0.5, 0.6) is 0 Å². The van der Waals surface area contributed by atoms with Crippen molar-refractivity contribution in [3.63, 3.8) is 0 Å². The molecule has 1 aliphatic carbocycles. The molecule has 1 N–H and O–H groups in total. The Labute approximate surface area is 156 Å². The van der Waals surface area contributed by atoms with Crippen LogP contribution in [0.3, 0.4) is 0 Å². The summed E-state index contributed by atoms with van der Waals surface area (Å²) >= 11 is 0. The molecule has 0 fully saturated rings. The van der Waals surface area contributed by atoms with E-state index in [0.29, 0.717) is 5.36 Å². The summed E-state index contributed by atoms with van der Waals surface area (Å²) in [7, 11) is 8.94. The van der Waals surface area contributed by atoms with Crippen LogP contribution in [-0.4, -0.2) is 18.7 Å². The number of fused-ring (bicyclic) bond motifs is 2. The van der Waals surface area contributed by atoms with Crippen LogP contribution in [0, 0.1) is 5.41 Å². The van der Waals surface area contributed by atoms with Gasteiger partial charge in [-0.1, -0.05) is 36.4 Å². The van der Waals surface area contributed by atoms with E-state index in [0.717, 1.165) is 5.69 Å². The van der Waals surface area contributed by atoms with Gasteiger partial charge < -0.3 is 14.9 Å². The maximum atomic E-state index is 8.07. The Hall–Kier alpha value is -2.64. The molecule has 4 rings (SSSR count). The molecule has 0 saturated carbocycles. The summed E-state index contributed by atoms with van der Waals surface area (Å²) in [6, 6.07) is 21.1. The zero-order valence-electron chi connectivity index (χ0n) is 15.2. The third-order valence-electron chi connectivity index (χ3n) is 4.96. The second kappa shape index (κ2) is 6.26. The lowest BCUT2D eigenvalue weighted by atomic mass is 9.92. The quantitative estimate of drug-likeness (QED) is 0.426. The Balaban J connectivity index is 2.18. The molecule has 26 heavy (non-hydrogen) atoms. The number of aryl methyl sites for hydroxylation is 1. The Morgan fingerprint density at radius 2 is 1.65 bits per heavy atom. The number of anilines is 1. The molecule has 1 heterocycles. The first-order chi connectivity index (χ1) is 12.5. The smallest absolute Gasteiger partial charge is 0.0561 e. The van der Waals surface area contributed by atoms with E-state index >= 15 is 0 Å². The fourth-order valence-electron chi connectivity index (χ4n) is 3.54. The van der Waals surface area contributed by atoms with E-state index in [9.17, 15) is 0 Å². The molecule has 0 saturated heterocycles. The Morgan fingerprint density at radius 3 is 2.35 bits per heavy atom. The highest BCUT2D eigenvalue weighted by molar-refractivity contribution is 7.27. The third-order valence-corrected chi connectivity index (χ3v) is 5.34. The van der Waals surface area contributed by atoms with Crippen LogP contribution in [0.1, 0.15) is 0 Å². The average Bonchev–Trinajstić information content (AvgIpc) is 2.63.